The Balaban J connectivity index is 3.37. The van der Waals surface area contributed by atoms with E-state index >= 15 is 0 Å². The smallest absolute Gasteiger partial charge is 0.386 e. The van der Waals surface area contributed by atoms with Crippen molar-refractivity contribution in [2.24, 2.45) is 0 Å². The van der Waals surface area contributed by atoms with Gasteiger partial charge in [0.25, 0.3) is 0 Å². The second kappa shape index (κ2) is 5.92. The summed E-state index contributed by atoms with van der Waals surface area (Å²) in [6, 6.07) is 5.10. The quantitative estimate of drug-likeness (QED) is 0.574. The molecule has 1 unspecified atom stereocenters. The fraction of sp³-hybridized carbons (Fsp3) is 0.400. The molecule has 0 spiro atoms. The summed E-state index contributed by atoms with van der Waals surface area (Å²) in [5.74, 6) is 0. The maximum absolute atomic E-state index is 12.4. The van der Waals surface area contributed by atoms with Crippen LogP contribution in [0.25, 0.3) is 0 Å². The SMILES string of the molecule is CO[Si](C)(OS(=O)(=O)C(F)(F)F)S(=O)(=O)c1ccc(C)cc1. The highest BCUT2D eigenvalue weighted by Crippen LogP contribution is 2.32. The molecule has 0 aliphatic heterocycles. The lowest BCUT2D eigenvalue weighted by molar-refractivity contribution is -0.0508. The predicted octanol–water partition coefficient (Wildman–Crippen LogP) is 1.85. The van der Waals surface area contributed by atoms with E-state index in [-0.39, 0.29) is 4.90 Å². The zero-order valence-corrected chi connectivity index (χ0v) is 14.3. The van der Waals surface area contributed by atoms with Crippen LogP contribution in [0.4, 0.5) is 13.2 Å². The first kappa shape index (κ1) is 19.1. The van der Waals surface area contributed by atoms with E-state index in [4.69, 9.17) is 0 Å². The van der Waals surface area contributed by atoms with Crippen molar-refractivity contribution >= 4 is 27.1 Å². The molecular formula is C10H13F3O6S2Si. The van der Waals surface area contributed by atoms with Crippen LogP contribution < -0.4 is 0 Å². The van der Waals surface area contributed by atoms with Crippen LogP contribution >= 0.6 is 0 Å². The van der Waals surface area contributed by atoms with Gasteiger partial charge in [-0.1, -0.05) is 17.7 Å². The Kier molecular flexibility index (Phi) is 5.14. The van der Waals surface area contributed by atoms with E-state index < -0.39 is 32.6 Å². The van der Waals surface area contributed by atoms with Gasteiger partial charge in [-0.05, 0) is 25.6 Å². The Morgan fingerprint density at radius 1 is 1.05 bits per heavy atom. The van der Waals surface area contributed by atoms with Crippen molar-refractivity contribution in [1.29, 1.82) is 0 Å². The molecule has 126 valence electrons. The third-order valence-electron chi connectivity index (χ3n) is 2.73. The molecule has 0 aliphatic carbocycles. The lowest BCUT2D eigenvalue weighted by Crippen LogP contribution is -2.50. The number of rotatable bonds is 5. The molecule has 0 heterocycles. The van der Waals surface area contributed by atoms with Gasteiger partial charge in [0.05, 0.1) is 4.90 Å². The van der Waals surface area contributed by atoms with Gasteiger partial charge in [0.2, 0.25) is 9.29 Å². The Morgan fingerprint density at radius 2 is 1.50 bits per heavy atom. The molecule has 0 aromatic heterocycles. The molecule has 0 amide bonds. The van der Waals surface area contributed by atoms with E-state index in [1.807, 2.05) is 0 Å². The first-order valence-electron chi connectivity index (χ1n) is 5.65. The summed E-state index contributed by atoms with van der Waals surface area (Å²) >= 11 is 0. The molecule has 0 fully saturated rings. The molecule has 1 aromatic carbocycles. The standard InChI is InChI=1S/C10H13F3O6S2Si/c1-8-4-6-9(7-5-8)20(14,15)22(3,18-2)19-21(16,17)10(11,12)13/h4-7H,1-3H3. The third-order valence-corrected chi connectivity index (χ3v) is 12.7. The van der Waals surface area contributed by atoms with Crippen LogP contribution in [-0.2, 0) is 27.7 Å². The van der Waals surface area contributed by atoms with Crippen LogP contribution in [0.15, 0.2) is 29.2 Å². The number of halogens is 3. The zero-order chi connectivity index (χ0) is 17.4. The van der Waals surface area contributed by atoms with Gasteiger partial charge in [0.15, 0.2) is 0 Å². The first-order chi connectivity index (χ1) is 9.77. The predicted molar refractivity (Wildman–Crippen MR) is 73.1 cm³/mol. The van der Waals surface area contributed by atoms with Gasteiger partial charge >= 0.3 is 23.3 Å². The Hall–Kier alpha value is -0.953. The van der Waals surface area contributed by atoms with E-state index in [0.717, 1.165) is 19.2 Å². The molecule has 1 aromatic rings. The molecular weight excluding hydrogens is 365 g/mol. The van der Waals surface area contributed by atoms with Crippen molar-refractivity contribution in [1.82, 2.24) is 0 Å². The van der Waals surface area contributed by atoms with Crippen molar-refractivity contribution in [3.63, 3.8) is 0 Å². The zero-order valence-electron chi connectivity index (χ0n) is 11.7. The van der Waals surface area contributed by atoms with Crippen LogP contribution in [0.5, 0.6) is 0 Å². The van der Waals surface area contributed by atoms with Gasteiger partial charge in [0, 0.05) is 7.11 Å². The molecule has 0 N–H and O–H groups in total. The minimum absolute atomic E-state index is 0.383. The lowest BCUT2D eigenvalue weighted by Gasteiger charge is -2.24. The monoisotopic (exact) mass is 378 g/mol. The van der Waals surface area contributed by atoms with Gasteiger partial charge in [-0.15, -0.1) is 0 Å². The lowest BCUT2D eigenvalue weighted by atomic mass is 10.2. The molecule has 0 saturated carbocycles. The molecule has 6 nitrogen and oxygen atoms in total. The molecule has 0 saturated heterocycles. The Morgan fingerprint density at radius 3 is 1.86 bits per heavy atom. The summed E-state index contributed by atoms with van der Waals surface area (Å²) in [5.41, 5.74) is -5.04. The molecule has 0 radical (unpaired) electrons. The van der Waals surface area contributed by atoms with Gasteiger partial charge in [-0.2, -0.15) is 21.6 Å². The molecule has 22 heavy (non-hydrogen) atoms. The largest absolute Gasteiger partial charge is 0.522 e. The average Bonchev–Trinajstić information content (AvgIpc) is 2.37. The van der Waals surface area contributed by atoms with Crippen molar-refractivity contribution in [3.8, 4) is 0 Å². The van der Waals surface area contributed by atoms with Crippen LogP contribution in [0, 0.1) is 6.92 Å². The molecule has 1 rings (SSSR count). The minimum Gasteiger partial charge on any atom is -0.386 e. The first-order valence-corrected chi connectivity index (χ1v) is 11.6. The highest BCUT2D eigenvalue weighted by molar-refractivity contribution is 8.21. The Bertz CT molecular complexity index is 742. The van der Waals surface area contributed by atoms with Crippen LogP contribution in [-0.4, -0.2) is 37.2 Å². The highest BCUT2D eigenvalue weighted by Gasteiger charge is 2.58. The molecule has 1 atom stereocenters. The number of hydrogen-bond acceptors (Lipinski definition) is 6. The summed E-state index contributed by atoms with van der Waals surface area (Å²) in [7, 11) is -14.7. The summed E-state index contributed by atoms with van der Waals surface area (Å²) in [5, 5.41) is 0. The number of aryl methyl sites for hydroxylation is 1. The van der Waals surface area contributed by atoms with E-state index in [9.17, 15) is 30.0 Å². The summed E-state index contributed by atoms with van der Waals surface area (Å²) in [6.07, 6.45) is 0. The summed E-state index contributed by atoms with van der Waals surface area (Å²) < 4.78 is 92.7. The van der Waals surface area contributed by atoms with Crippen LogP contribution in [0.1, 0.15) is 5.56 Å². The van der Waals surface area contributed by atoms with Crippen molar-refractivity contribution in [2.45, 2.75) is 23.9 Å². The second-order valence-electron chi connectivity index (χ2n) is 4.37. The van der Waals surface area contributed by atoms with Gasteiger partial charge in [-0.3, -0.25) is 3.87 Å². The van der Waals surface area contributed by atoms with E-state index in [2.05, 4.69) is 8.30 Å². The van der Waals surface area contributed by atoms with E-state index in [1.54, 1.807) is 6.92 Å². The summed E-state index contributed by atoms with van der Waals surface area (Å²) in [6.45, 7) is 2.39. The second-order valence-corrected chi connectivity index (χ2v) is 13.9. The number of benzene rings is 1. The van der Waals surface area contributed by atoms with E-state index in [0.29, 0.717) is 12.1 Å². The molecule has 0 bridgehead atoms. The van der Waals surface area contributed by atoms with Crippen molar-refractivity contribution in [2.75, 3.05) is 7.11 Å². The van der Waals surface area contributed by atoms with Gasteiger partial charge in [0.1, 0.15) is 0 Å². The fourth-order valence-electron chi connectivity index (χ4n) is 1.37. The molecule has 0 aliphatic rings. The normalized spacial score (nSPS) is 16.3. The fourth-order valence-corrected chi connectivity index (χ4v) is 9.07. The highest BCUT2D eigenvalue weighted by atomic mass is 32.4. The third kappa shape index (κ3) is 3.51. The maximum Gasteiger partial charge on any atom is 0.522 e. The number of alkyl halides is 3. The van der Waals surface area contributed by atoms with E-state index in [1.165, 1.54) is 12.1 Å². The van der Waals surface area contributed by atoms with Gasteiger partial charge in [-0.25, -0.2) is 8.42 Å². The molecule has 12 heteroatoms. The summed E-state index contributed by atoms with van der Waals surface area (Å²) in [4.78, 5) is -0.383. The van der Waals surface area contributed by atoms with Crippen LogP contribution in [0.2, 0.25) is 6.55 Å². The Labute approximate surface area is 126 Å². The van der Waals surface area contributed by atoms with Crippen molar-refractivity contribution < 1.29 is 38.3 Å². The number of hydrogen-bond donors (Lipinski definition) is 0. The van der Waals surface area contributed by atoms with Gasteiger partial charge < -0.3 is 4.43 Å². The topological polar surface area (TPSA) is 86.7 Å². The van der Waals surface area contributed by atoms with Crippen molar-refractivity contribution in [3.05, 3.63) is 29.8 Å². The maximum atomic E-state index is 12.4. The minimum atomic E-state index is -6.11. The van der Waals surface area contributed by atoms with Crippen LogP contribution in [0.3, 0.4) is 0 Å². The average molecular weight is 378 g/mol.